The Morgan fingerprint density at radius 1 is 0.955 bits per heavy atom. The predicted octanol–water partition coefficient (Wildman–Crippen LogP) is 6.33. The van der Waals surface area contributed by atoms with Crippen molar-refractivity contribution in [1.29, 1.82) is 0 Å². The Hall–Kier alpha value is -4.52. The predicted molar refractivity (Wildman–Crippen MR) is 252 cm³/mol. The van der Waals surface area contributed by atoms with Gasteiger partial charge in [0.05, 0.1) is 46.1 Å². The zero-order valence-corrected chi connectivity index (χ0v) is 41.8. The number of rotatable bonds is 12. The number of methoxy groups -OCH3 is 1. The van der Waals surface area contributed by atoms with Gasteiger partial charge in [-0.3, -0.25) is 23.7 Å². The van der Waals surface area contributed by atoms with Crippen molar-refractivity contribution in [2.24, 2.45) is 23.7 Å². The van der Waals surface area contributed by atoms with E-state index in [0.29, 0.717) is 17.6 Å². The van der Waals surface area contributed by atoms with Crippen LogP contribution in [0.25, 0.3) is 10.9 Å². The van der Waals surface area contributed by atoms with Crippen LogP contribution in [0.3, 0.4) is 0 Å². The largest absolute Gasteiger partial charge is 0.458 e. The molecule has 17 heteroatoms. The number of ether oxygens (including phenoxy) is 5. The molecule has 3 aliphatic heterocycles. The lowest BCUT2D eigenvalue weighted by atomic mass is 9.73. The third-order valence-electron chi connectivity index (χ3n) is 14.4. The topological polar surface area (TPSA) is 191 Å². The van der Waals surface area contributed by atoms with E-state index in [1.165, 1.54) is 29.4 Å². The molecule has 0 saturated carbocycles. The van der Waals surface area contributed by atoms with Crippen molar-refractivity contribution in [2.45, 2.75) is 147 Å². The number of aryl methyl sites for hydroxylation is 1. The Morgan fingerprint density at radius 2 is 1.63 bits per heavy atom. The second-order valence-electron chi connectivity index (χ2n) is 19.5. The summed E-state index contributed by atoms with van der Waals surface area (Å²) >= 11 is 0. The SMILES string of the molecule is CC[C@H]1OC(=O)[C@H](C)C(=O)[C@H](C)[C@@H](O[C@@H]2O[C@H](C)C[C@H](N(C)C)[C@H]2O)[C@](C)(OC)C[C@@H](C)C(=O)[C@H](C)[C@H]2N(CCCN(c3cnc4ccccc4c3)S(=O)(=O)c3ccc(C)cc3)C(=O)O[C@]12C. The zero-order chi connectivity index (χ0) is 49.3. The summed E-state index contributed by atoms with van der Waals surface area (Å²) in [5.41, 5.74) is -1.01. The number of fused-ring (bicyclic) bond motifs is 2. The van der Waals surface area contributed by atoms with Crippen molar-refractivity contribution in [1.82, 2.24) is 14.8 Å². The van der Waals surface area contributed by atoms with Gasteiger partial charge in [-0.2, -0.15) is 0 Å². The number of hydrogen-bond acceptors (Lipinski definition) is 14. The standard InChI is InChI=1S/C50H70N4O12S/c1-13-40-50(9)44(53(48(59)66-50)23-16-24-54(67(60,61)37-21-19-29(2)20-22-37)36-26-35-17-14-15-18-38(35)51-28-36)32(5)41(55)30(3)27-49(8,62-12)45(33(6)42(56)34(7)46(58)64-40)65-47-43(57)39(52(10)11)25-31(4)63-47/h14-15,17-22,26,28,30-34,39-40,43-45,47,57H,13,16,23-25,27H2,1-12H3/t30-,31-,32+,33+,34-,39+,40-,43-,44-,45-,47+,49-,50-/m1/s1. The van der Waals surface area contributed by atoms with Gasteiger partial charge in [0.15, 0.2) is 17.7 Å². The summed E-state index contributed by atoms with van der Waals surface area (Å²) in [7, 11) is 1.02. The van der Waals surface area contributed by atoms with E-state index in [0.717, 1.165) is 10.9 Å². The number of nitrogens with zero attached hydrogens (tertiary/aromatic N) is 4. The highest BCUT2D eigenvalue weighted by molar-refractivity contribution is 7.92. The number of aromatic nitrogens is 1. The number of likely N-dealkylation sites (N-methyl/N-ethyl adjacent to an activating group) is 1. The number of carbonyl (C=O) groups is 4. The maximum absolute atomic E-state index is 15.0. The normalized spacial score (nSPS) is 33.6. The molecule has 13 atom stereocenters. The van der Waals surface area contributed by atoms with Gasteiger partial charge < -0.3 is 38.6 Å². The summed E-state index contributed by atoms with van der Waals surface area (Å²) in [6.07, 6.45) is -3.16. The summed E-state index contributed by atoms with van der Waals surface area (Å²) in [6, 6.07) is 14.4. The van der Waals surface area contributed by atoms with E-state index >= 15 is 0 Å². The van der Waals surface area contributed by atoms with Crippen molar-refractivity contribution < 1.29 is 56.4 Å². The first kappa shape index (κ1) is 51.9. The first-order chi connectivity index (χ1) is 31.5. The number of amides is 1. The lowest BCUT2D eigenvalue weighted by Gasteiger charge is -2.47. The minimum absolute atomic E-state index is 0.0371. The number of carbonyl (C=O) groups excluding carboxylic acids is 4. The molecule has 16 nitrogen and oxygen atoms in total. The van der Waals surface area contributed by atoms with Crippen LogP contribution in [-0.2, 0) is 48.1 Å². The molecule has 3 fully saturated rings. The van der Waals surface area contributed by atoms with E-state index in [4.69, 9.17) is 23.7 Å². The van der Waals surface area contributed by atoms with Crippen LogP contribution in [0.5, 0.6) is 0 Å². The maximum atomic E-state index is 15.0. The van der Waals surface area contributed by atoms with Crippen LogP contribution in [0.2, 0.25) is 0 Å². The summed E-state index contributed by atoms with van der Waals surface area (Å²) in [4.78, 5) is 65.8. The fourth-order valence-electron chi connectivity index (χ4n) is 10.5. The van der Waals surface area contributed by atoms with Gasteiger partial charge in [-0.1, -0.05) is 63.6 Å². The van der Waals surface area contributed by atoms with Gasteiger partial charge >= 0.3 is 12.1 Å². The molecule has 0 bridgehead atoms. The minimum atomic E-state index is -4.14. The fraction of sp³-hybridized carbons (Fsp3) is 0.620. The smallest absolute Gasteiger partial charge is 0.410 e. The lowest BCUT2D eigenvalue weighted by molar-refractivity contribution is -0.295. The molecule has 1 N–H and O–H groups in total. The highest BCUT2D eigenvalue weighted by atomic mass is 32.2. The Labute approximate surface area is 395 Å². The Bertz CT molecular complexity index is 2380. The van der Waals surface area contributed by atoms with Crippen LogP contribution in [0.4, 0.5) is 10.5 Å². The van der Waals surface area contributed by atoms with Crippen LogP contribution in [0, 0.1) is 30.6 Å². The fourth-order valence-corrected chi connectivity index (χ4v) is 12.0. The van der Waals surface area contributed by atoms with E-state index in [1.54, 1.807) is 71.9 Å². The Balaban J connectivity index is 1.35. The van der Waals surface area contributed by atoms with Crippen molar-refractivity contribution in [3.8, 4) is 0 Å². The van der Waals surface area contributed by atoms with E-state index < -0.39 is 93.4 Å². The molecule has 0 radical (unpaired) electrons. The van der Waals surface area contributed by atoms with Gasteiger partial charge in [0.25, 0.3) is 10.0 Å². The second kappa shape index (κ2) is 20.6. The molecule has 3 saturated heterocycles. The zero-order valence-electron chi connectivity index (χ0n) is 41.0. The van der Waals surface area contributed by atoms with Crippen molar-refractivity contribution in [3.05, 3.63) is 66.4 Å². The molecular formula is C50H70N4O12S. The summed E-state index contributed by atoms with van der Waals surface area (Å²) in [5.74, 6) is -5.60. The van der Waals surface area contributed by atoms with Crippen LogP contribution >= 0.6 is 0 Å². The summed E-state index contributed by atoms with van der Waals surface area (Å²) in [6.45, 7) is 15.3. The number of anilines is 1. The molecule has 1 amide bonds. The van der Waals surface area contributed by atoms with Gasteiger partial charge in [-0.15, -0.1) is 0 Å². The first-order valence-corrected chi connectivity index (χ1v) is 24.8. The number of hydrogen-bond donors (Lipinski definition) is 1. The number of aliphatic hydroxyl groups is 1. The molecule has 0 unspecified atom stereocenters. The van der Waals surface area contributed by atoms with E-state index in [9.17, 15) is 32.7 Å². The van der Waals surface area contributed by atoms with Crippen molar-refractivity contribution in [2.75, 3.05) is 38.6 Å². The third-order valence-corrected chi connectivity index (χ3v) is 16.2. The molecule has 3 aliphatic rings. The highest BCUT2D eigenvalue weighted by Crippen LogP contribution is 2.43. The molecule has 67 heavy (non-hydrogen) atoms. The highest BCUT2D eigenvalue weighted by Gasteiger charge is 2.60. The van der Waals surface area contributed by atoms with Gasteiger partial charge in [0.1, 0.15) is 23.9 Å². The molecule has 0 spiro atoms. The number of ketones is 2. The average molecular weight is 951 g/mol. The van der Waals surface area contributed by atoms with Crippen molar-refractivity contribution in [3.63, 3.8) is 0 Å². The number of aliphatic hydroxyl groups excluding tert-OH is 1. The monoisotopic (exact) mass is 950 g/mol. The first-order valence-electron chi connectivity index (χ1n) is 23.4. The van der Waals surface area contributed by atoms with Crippen LogP contribution in [0.15, 0.2) is 65.7 Å². The van der Waals surface area contributed by atoms with E-state index in [1.807, 2.05) is 57.1 Å². The van der Waals surface area contributed by atoms with Crippen LogP contribution < -0.4 is 4.31 Å². The van der Waals surface area contributed by atoms with Crippen molar-refractivity contribution >= 4 is 50.2 Å². The van der Waals surface area contributed by atoms with E-state index in [-0.39, 0.29) is 55.2 Å². The van der Waals surface area contributed by atoms with Gasteiger partial charge in [0.2, 0.25) is 0 Å². The molecule has 1 aromatic heterocycles. The quantitative estimate of drug-likeness (QED) is 0.156. The number of benzene rings is 2. The van der Waals surface area contributed by atoms with Gasteiger partial charge in [0, 0.05) is 49.4 Å². The average Bonchev–Trinajstić information content (AvgIpc) is 3.56. The maximum Gasteiger partial charge on any atom is 0.410 e. The molecule has 2 aromatic carbocycles. The summed E-state index contributed by atoms with van der Waals surface area (Å²) < 4.78 is 61.5. The molecule has 0 aliphatic carbocycles. The van der Waals surface area contributed by atoms with Gasteiger partial charge in [-0.05, 0) is 98.7 Å². The van der Waals surface area contributed by atoms with E-state index in [2.05, 4.69) is 4.98 Å². The van der Waals surface area contributed by atoms with Crippen LogP contribution in [0.1, 0.15) is 86.6 Å². The number of esters is 1. The number of pyridine rings is 1. The number of sulfonamides is 1. The molecule has 368 valence electrons. The molecule has 6 rings (SSSR count). The lowest BCUT2D eigenvalue weighted by Crippen LogP contribution is -2.60. The third kappa shape index (κ3) is 10.4. The Morgan fingerprint density at radius 3 is 2.27 bits per heavy atom. The number of cyclic esters (lactones) is 1. The van der Waals surface area contributed by atoms with Crippen LogP contribution in [-0.4, -0.2) is 140 Å². The molecular weight excluding hydrogens is 881 g/mol. The van der Waals surface area contributed by atoms with Gasteiger partial charge in [-0.25, -0.2) is 13.2 Å². The molecule has 3 aromatic rings. The summed E-state index contributed by atoms with van der Waals surface area (Å²) in [5, 5.41) is 12.3. The second-order valence-corrected chi connectivity index (χ2v) is 21.4. The number of para-hydroxylation sites is 1. The molecule has 4 heterocycles. The minimum Gasteiger partial charge on any atom is -0.458 e. The number of Topliss-reactive ketones (excluding diaryl/α,β-unsaturated/α-hetero) is 2. The Kier molecular flexibility index (Phi) is 15.9.